The van der Waals surface area contributed by atoms with E-state index in [9.17, 15) is 0 Å². The molecule has 1 aromatic rings. The lowest BCUT2D eigenvalue weighted by atomic mass is 9.73. The molecule has 0 amide bonds. The second-order valence-corrected chi connectivity index (χ2v) is 7.40. The Kier molecular flexibility index (Phi) is 3.51. The minimum Gasteiger partial charge on any atom is -0.492 e. The number of benzene rings is 1. The third kappa shape index (κ3) is 2.02. The summed E-state index contributed by atoms with van der Waals surface area (Å²) in [4.78, 5) is 2.66. The van der Waals surface area contributed by atoms with Gasteiger partial charge >= 0.3 is 0 Å². The first kappa shape index (κ1) is 15.5. The van der Waals surface area contributed by atoms with Crippen LogP contribution in [0.1, 0.15) is 36.8 Å². The Morgan fingerprint density at radius 1 is 1.20 bits per heavy atom. The summed E-state index contributed by atoms with van der Waals surface area (Å²) < 4.78 is 23.1. The van der Waals surface area contributed by atoms with Crippen LogP contribution in [-0.2, 0) is 16.7 Å². The maximum atomic E-state index is 5.81. The third-order valence-electron chi connectivity index (χ3n) is 6.43. The molecule has 5 nitrogen and oxygen atoms in total. The van der Waals surface area contributed by atoms with Gasteiger partial charge in [0.2, 0.25) is 12.5 Å². The molecule has 3 heterocycles. The first-order valence-corrected chi connectivity index (χ1v) is 9.25. The van der Waals surface area contributed by atoms with Crippen LogP contribution in [0, 0.1) is 0 Å². The van der Waals surface area contributed by atoms with Crippen molar-refractivity contribution in [3.63, 3.8) is 0 Å². The minimum atomic E-state index is -0.0704. The maximum Gasteiger partial charge on any atom is 0.231 e. The van der Waals surface area contributed by atoms with E-state index in [1.165, 1.54) is 11.1 Å². The Hall–Kier alpha value is -1.72. The largest absolute Gasteiger partial charge is 0.492 e. The van der Waals surface area contributed by atoms with Crippen molar-refractivity contribution in [3.8, 4) is 17.2 Å². The highest BCUT2D eigenvalue weighted by Crippen LogP contribution is 2.56. The number of fused-ring (bicyclic) bond motifs is 2. The molecule has 1 fully saturated rings. The predicted octanol–water partition coefficient (Wildman–Crippen LogP) is 3.01. The smallest absolute Gasteiger partial charge is 0.231 e. The normalized spacial score (nSPS) is 30.2. The summed E-state index contributed by atoms with van der Waals surface area (Å²) in [6, 6.07) is 2.22. The van der Waals surface area contributed by atoms with Crippen molar-refractivity contribution in [2.75, 3.05) is 34.1 Å². The first-order chi connectivity index (χ1) is 12.3. The average Bonchev–Trinajstić information content (AvgIpc) is 3.22. The molecule has 0 saturated carbocycles. The zero-order valence-electron chi connectivity index (χ0n) is 15.0. The molecule has 3 aliphatic heterocycles. The van der Waals surface area contributed by atoms with Gasteiger partial charge < -0.3 is 18.9 Å². The molecule has 2 atom stereocenters. The molecule has 0 radical (unpaired) electrons. The second-order valence-electron chi connectivity index (χ2n) is 7.40. The van der Waals surface area contributed by atoms with Gasteiger partial charge in [0.1, 0.15) is 0 Å². The zero-order valence-corrected chi connectivity index (χ0v) is 15.0. The van der Waals surface area contributed by atoms with E-state index in [1.54, 1.807) is 12.7 Å². The molecule has 1 saturated heterocycles. The molecule has 25 heavy (non-hydrogen) atoms. The monoisotopic (exact) mass is 343 g/mol. The third-order valence-corrected chi connectivity index (χ3v) is 6.43. The highest BCUT2D eigenvalue weighted by molar-refractivity contribution is 5.64. The second kappa shape index (κ2) is 5.64. The van der Waals surface area contributed by atoms with E-state index in [1.807, 2.05) is 7.11 Å². The van der Waals surface area contributed by atoms with Crippen molar-refractivity contribution in [2.45, 2.75) is 43.7 Å². The predicted molar refractivity (Wildman–Crippen MR) is 93.4 cm³/mol. The Balaban J connectivity index is 1.77. The van der Waals surface area contributed by atoms with Crippen molar-refractivity contribution in [3.05, 3.63) is 28.8 Å². The topological polar surface area (TPSA) is 40.2 Å². The number of hydrogen-bond acceptors (Lipinski definition) is 5. The molecule has 5 rings (SSSR count). The van der Waals surface area contributed by atoms with Crippen molar-refractivity contribution in [2.24, 2.45) is 0 Å². The molecule has 2 unspecified atom stereocenters. The molecule has 0 N–H and O–H groups in total. The standard InChI is InChI=1S/C20H25NO4/c1-22-14-6-5-13-7-9-21-8-3-4-15-16(20(13,21)11-14)10-17-19(18(15)23-2)25-12-24-17/h5,10,14H,3-4,6-9,11-12H2,1-2H3. The number of hydrogen-bond donors (Lipinski definition) is 0. The molecule has 1 aliphatic carbocycles. The maximum absolute atomic E-state index is 5.81. The average molecular weight is 343 g/mol. The quantitative estimate of drug-likeness (QED) is 0.772. The van der Waals surface area contributed by atoms with Crippen LogP contribution >= 0.6 is 0 Å². The van der Waals surface area contributed by atoms with Crippen molar-refractivity contribution >= 4 is 0 Å². The van der Waals surface area contributed by atoms with Crippen LogP contribution in [0.25, 0.3) is 0 Å². The number of nitrogens with zero attached hydrogens (tertiary/aromatic N) is 1. The van der Waals surface area contributed by atoms with Crippen molar-refractivity contribution < 1.29 is 18.9 Å². The van der Waals surface area contributed by atoms with Gasteiger partial charge in [0.25, 0.3) is 0 Å². The molecule has 0 aromatic heterocycles. The van der Waals surface area contributed by atoms with Gasteiger partial charge in [-0.15, -0.1) is 0 Å². The van der Waals surface area contributed by atoms with Gasteiger partial charge in [-0.05, 0) is 49.4 Å². The molecule has 5 heteroatoms. The molecule has 1 aromatic carbocycles. The molecular weight excluding hydrogens is 318 g/mol. The summed E-state index contributed by atoms with van der Waals surface area (Å²) in [5.74, 6) is 2.46. The van der Waals surface area contributed by atoms with Gasteiger partial charge in [-0.3, -0.25) is 4.90 Å². The van der Waals surface area contributed by atoms with Crippen LogP contribution in [0.5, 0.6) is 17.2 Å². The lowest BCUT2D eigenvalue weighted by molar-refractivity contribution is 0.0346. The fraction of sp³-hybridized carbons (Fsp3) is 0.600. The van der Waals surface area contributed by atoms with E-state index in [0.29, 0.717) is 0 Å². The van der Waals surface area contributed by atoms with Gasteiger partial charge in [-0.2, -0.15) is 0 Å². The van der Waals surface area contributed by atoms with Crippen LogP contribution in [0.4, 0.5) is 0 Å². The van der Waals surface area contributed by atoms with Crippen molar-refractivity contribution in [1.29, 1.82) is 0 Å². The Morgan fingerprint density at radius 3 is 2.96 bits per heavy atom. The SMILES string of the molecule is COc1c2c(cc3c1OCO3)C13CC(OC)CC=C1CCN3CCC2. The van der Waals surface area contributed by atoms with Crippen molar-refractivity contribution in [1.82, 2.24) is 4.90 Å². The first-order valence-electron chi connectivity index (χ1n) is 9.25. The van der Waals surface area contributed by atoms with Crippen LogP contribution in [0.3, 0.4) is 0 Å². The lowest BCUT2D eigenvalue weighted by Crippen LogP contribution is -2.46. The fourth-order valence-electron chi connectivity index (χ4n) is 5.34. The summed E-state index contributed by atoms with van der Waals surface area (Å²) >= 11 is 0. The highest BCUT2D eigenvalue weighted by Gasteiger charge is 2.52. The Labute approximate surface area is 148 Å². The molecule has 134 valence electrons. The van der Waals surface area contributed by atoms with Gasteiger partial charge in [0.05, 0.1) is 18.8 Å². The Bertz CT molecular complexity index is 744. The number of rotatable bonds is 2. The zero-order chi connectivity index (χ0) is 17.0. The summed E-state index contributed by atoms with van der Waals surface area (Å²) in [6.45, 7) is 2.51. The van der Waals surface area contributed by atoms with Crippen LogP contribution in [-0.4, -0.2) is 45.1 Å². The van der Waals surface area contributed by atoms with Crippen LogP contribution in [0.15, 0.2) is 17.7 Å². The fourth-order valence-corrected chi connectivity index (χ4v) is 5.34. The van der Waals surface area contributed by atoms with E-state index in [4.69, 9.17) is 18.9 Å². The lowest BCUT2D eigenvalue weighted by Gasteiger charge is -2.44. The minimum absolute atomic E-state index is 0.0704. The molecular formula is C20H25NO4. The van der Waals surface area contributed by atoms with Gasteiger partial charge in [-0.25, -0.2) is 0 Å². The van der Waals surface area contributed by atoms with Gasteiger partial charge in [0, 0.05) is 25.6 Å². The van der Waals surface area contributed by atoms with E-state index < -0.39 is 0 Å². The van der Waals surface area contributed by atoms with Crippen LogP contribution < -0.4 is 14.2 Å². The van der Waals surface area contributed by atoms with Crippen LogP contribution in [0.2, 0.25) is 0 Å². The summed E-state index contributed by atoms with van der Waals surface area (Å²) in [5, 5.41) is 0. The van der Waals surface area contributed by atoms with Gasteiger partial charge in [-0.1, -0.05) is 6.08 Å². The molecule has 4 aliphatic rings. The summed E-state index contributed by atoms with van der Waals surface area (Å²) in [6.07, 6.45) is 7.99. The Morgan fingerprint density at radius 2 is 2.12 bits per heavy atom. The van der Waals surface area contributed by atoms with E-state index in [2.05, 4.69) is 17.0 Å². The number of methoxy groups -OCH3 is 2. The summed E-state index contributed by atoms with van der Waals surface area (Å²) in [7, 11) is 3.57. The molecule has 0 bridgehead atoms. The van der Waals surface area contributed by atoms with Gasteiger partial charge in [0.15, 0.2) is 11.5 Å². The highest BCUT2D eigenvalue weighted by atomic mass is 16.7. The molecule has 1 spiro atoms. The van der Waals surface area contributed by atoms with E-state index >= 15 is 0 Å². The number of ether oxygens (including phenoxy) is 4. The van der Waals surface area contributed by atoms with E-state index in [-0.39, 0.29) is 18.4 Å². The van der Waals surface area contributed by atoms with E-state index in [0.717, 1.165) is 62.4 Å². The summed E-state index contributed by atoms with van der Waals surface area (Å²) in [5.41, 5.74) is 4.11.